The SMILES string of the molecule is CC(C)(C)OC(=O)N1CC[C@H](CN[C@@H]2[C@@H]3CCO[C@@H]3C23CCC3)C1. The van der Waals surface area contributed by atoms with Crippen molar-refractivity contribution in [2.45, 2.75) is 70.6 Å². The number of ether oxygens (including phenoxy) is 2. The maximum Gasteiger partial charge on any atom is 0.410 e. The number of likely N-dealkylation sites (tertiary alicyclic amines) is 1. The summed E-state index contributed by atoms with van der Waals surface area (Å²) in [7, 11) is 0. The first-order chi connectivity index (χ1) is 11.4. The fraction of sp³-hybridized carbons (Fsp3) is 0.947. The molecule has 5 nitrogen and oxygen atoms in total. The van der Waals surface area contributed by atoms with Crippen molar-refractivity contribution in [1.82, 2.24) is 10.2 Å². The second kappa shape index (κ2) is 5.87. The summed E-state index contributed by atoms with van der Waals surface area (Å²) in [6.45, 7) is 9.40. The first kappa shape index (κ1) is 16.6. The number of carbonyl (C=O) groups excluding carboxylic acids is 1. The minimum atomic E-state index is -0.409. The van der Waals surface area contributed by atoms with Crippen LogP contribution in [0.1, 0.15) is 52.9 Å². The number of rotatable bonds is 3. The van der Waals surface area contributed by atoms with Gasteiger partial charge in [0.25, 0.3) is 0 Å². The van der Waals surface area contributed by atoms with E-state index in [0.29, 0.717) is 23.5 Å². The smallest absolute Gasteiger partial charge is 0.410 e. The van der Waals surface area contributed by atoms with E-state index in [4.69, 9.17) is 9.47 Å². The van der Waals surface area contributed by atoms with Crippen molar-refractivity contribution in [3.63, 3.8) is 0 Å². The Morgan fingerprint density at radius 1 is 1.33 bits per heavy atom. The third-order valence-corrected chi connectivity index (χ3v) is 6.60. The van der Waals surface area contributed by atoms with Crippen molar-refractivity contribution in [1.29, 1.82) is 0 Å². The molecule has 5 heteroatoms. The molecule has 24 heavy (non-hydrogen) atoms. The van der Waals surface area contributed by atoms with E-state index in [9.17, 15) is 4.79 Å². The van der Waals surface area contributed by atoms with Gasteiger partial charge in [0.1, 0.15) is 5.60 Å². The van der Waals surface area contributed by atoms with Crippen molar-refractivity contribution in [2.75, 3.05) is 26.2 Å². The molecule has 136 valence electrons. The minimum absolute atomic E-state index is 0.159. The fourth-order valence-electron chi connectivity index (χ4n) is 5.34. The summed E-state index contributed by atoms with van der Waals surface area (Å²) in [6.07, 6.45) is 6.70. The Labute approximate surface area is 145 Å². The van der Waals surface area contributed by atoms with Gasteiger partial charge in [-0.05, 0) is 52.4 Å². The third-order valence-electron chi connectivity index (χ3n) is 6.60. The molecule has 0 aromatic rings. The fourth-order valence-corrected chi connectivity index (χ4v) is 5.34. The molecule has 1 N–H and O–H groups in total. The average molecular weight is 336 g/mol. The van der Waals surface area contributed by atoms with Crippen molar-refractivity contribution < 1.29 is 14.3 Å². The number of hydrogen-bond acceptors (Lipinski definition) is 4. The van der Waals surface area contributed by atoms with Crippen LogP contribution in [0, 0.1) is 17.3 Å². The van der Waals surface area contributed by atoms with E-state index in [1.807, 2.05) is 25.7 Å². The molecular weight excluding hydrogens is 304 g/mol. The lowest BCUT2D eigenvalue weighted by Crippen LogP contribution is -2.71. The number of carbonyl (C=O) groups is 1. The van der Waals surface area contributed by atoms with Crippen molar-refractivity contribution in [3.8, 4) is 0 Å². The molecule has 4 atom stereocenters. The normalized spacial score (nSPS) is 37.0. The van der Waals surface area contributed by atoms with Gasteiger partial charge in [-0.2, -0.15) is 0 Å². The number of amides is 1. The van der Waals surface area contributed by atoms with Gasteiger partial charge in [-0.1, -0.05) is 6.42 Å². The van der Waals surface area contributed by atoms with Crippen molar-refractivity contribution in [2.24, 2.45) is 17.3 Å². The Balaban J connectivity index is 1.26. The minimum Gasteiger partial charge on any atom is -0.444 e. The highest BCUT2D eigenvalue weighted by Crippen LogP contribution is 2.62. The van der Waals surface area contributed by atoms with Gasteiger partial charge in [0.05, 0.1) is 6.10 Å². The van der Waals surface area contributed by atoms with Crippen LogP contribution in [0.2, 0.25) is 0 Å². The molecule has 0 aromatic carbocycles. The van der Waals surface area contributed by atoms with Crippen LogP contribution in [0.5, 0.6) is 0 Å². The van der Waals surface area contributed by atoms with Gasteiger partial charge in [0.15, 0.2) is 0 Å². The van der Waals surface area contributed by atoms with E-state index < -0.39 is 5.60 Å². The lowest BCUT2D eigenvalue weighted by molar-refractivity contribution is -0.176. The molecule has 4 rings (SSSR count). The number of nitrogens with zero attached hydrogens (tertiary/aromatic N) is 1. The Morgan fingerprint density at radius 3 is 2.79 bits per heavy atom. The van der Waals surface area contributed by atoms with E-state index in [2.05, 4.69) is 5.32 Å². The zero-order valence-electron chi connectivity index (χ0n) is 15.3. The van der Waals surface area contributed by atoms with E-state index in [1.54, 1.807) is 0 Å². The molecule has 2 saturated carbocycles. The predicted molar refractivity (Wildman–Crippen MR) is 91.8 cm³/mol. The highest BCUT2D eigenvalue weighted by atomic mass is 16.6. The first-order valence-corrected chi connectivity index (χ1v) is 9.72. The van der Waals surface area contributed by atoms with Gasteiger partial charge < -0.3 is 19.7 Å². The zero-order valence-corrected chi connectivity index (χ0v) is 15.3. The summed E-state index contributed by atoms with van der Waals surface area (Å²) >= 11 is 0. The molecule has 0 bridgehead atoms. The largest absolute Gasteiger partial charge is 0.444 e. The van der Waals surface area contributed by atoms with Crippen LogP contribution >= 0.6 is 0 Å². The Bertz CT molecular complexity index is 497. The molecule has 2 aliphatic heterocycles. The highest BCUT2D eigenvalue weighted by molar-refractivity contribution is 5.68. The van der Waals surface area contributed by atoms with E-state index in [0.717, 1.165) is 38.6 Å². The Hall–Kier alpha value is -0.810. The standard InChI is InChI=1S/C19H32N2O3/c1-18(2,3)24-17(22)21-9-5-13(12-21)11-20-15-14-6-10-23-16(14)19(15)7-4-8-19/h13-16,20H,4-12H2,1-3H3/t13-,14+,15-,16+/m1/s1. The van der Waals surface area contributed by atoms with Gasteiger partial charge in [0.2, 0.25) is 0 Å². The van der Waals surface area contributed by atoms with Crippen LogP contribution in [0.15, 0.2) is 0 Å². The number of nitrogens with one attached hydrogen (secondary N) is 1. The molecule has 1 spiro atoms. The maximum atomic E-state index is 12.2. The molecule has 4 aliphatic rings. The molecule has 0 radical (unpaired) electrons. The highest BCUT2D eigenvalue weighted by Gasteiger charge is 2.66. The summed E-state index contributed by atoms with van der Waals surface area (Å²) in [4.78, 5) is 14.1. The summed E-state index contributed by atoms with van der Waals surface area (Å²) in [6, 6.07) is 0.648. The molecule has 0 unspecified atom stereocenters. The second-order valence-electron chi connectivity index (χ2n) is 9.30. The molecule has 2 saturated heterocycles. The Kier molecular flexibility index (Phi) is 4.07. The van der Waals surface area contributed by atoms with Crippen LogP contribution in [-0.2, 0) is 9.47 Å². The van der Waals surface area contributed by atoms with Crippen LogP contribution in [0.3, 0.4) is 0 Å². The quantitative estimate of drug-likeness (QED) is 0.861. The van der Waals surface area contributed by atoms with Crippen molar-refractivity contribution >= 4 is 6.09 Å². The number of fused-ring (bicyclic) bond motifs is 2. The van der Waals surface area contributed by atoms with Gasteiger partial charge in [-0.15, -0.1) is 0 Å². The monoisotopic (exact) mass is 336 g/mol. The predicted octanol–water partition coefficient (Wildman–Crippen LogP) is 2.79. The van der Waals surface area contributed by atoms with Gasteiger partial charge in [-0.25, -0.2) is 4.79 Å². The molecule has 1 amide bonds. The lowest BCUT2D eigenvalue weighted by atomic mass is 9.46. The number of hydrogen-bond donors (Lipinski definition) is 1. The van der Waals surface area contributed by atoms with Crippen LogP contribution in [0.25, 0.3) is 0 Å². The van der Waals surface area contributed by atoms with Crippen LogP contribution in [0.4, 0.5) is 4.79 Å². The maximum absolute atomic E-state index is 12.2. The molecular formula is C19H32N2O3. The summed E-state index contributed by atoms with van der Waals surface area (Å²) in [5, 5.41) is 3.87. The molecule has 2 aliphatic carbocycles. The topological polar surface area (TPSA) is 50.8 Å². The lowest BCUT2D eigenvalue weighted by Gasteiger charge is -2.63. The molecule has 0 aromatic heterocycles. The van der Waals surface area contributed by atoms with Gasteiger partial charge in [-0.3, -0.25) is 0 Å². The first-order valence-electron chi connectivity index (χ1n) is 9.72. The molecule has 2 heterocycles. The average Bonchev–Trinajstić information content (AvgIpc) is 3.04. The van der Waals surface area contributed by atoms with E-state index in [1.165, 1.54) is 25.7 Å². The summed E-state index contributed by atoms with van der Waals surface area (Å²) in [5.41, 5.74) is 0.0397. The zero-order chi connectivity index (χ0) is 16.9. The van der Waals surface area contributed by atoms with Crippen LogP contribution in [-0.4, -0.2) is 55.0 Å². The van der Waals surface area contributed by atoms with Crippen molar-refractivity contribution in [3.05, 3.63) is 0 Å². The van der Waals surface area contributed by atoms with Crippen LogP contribution < -0.4 is 5.32 Å². The van der Waals surface area contributed by atoms with Gasteiger partial charge >= 0.3 is 6.09 Å². The third kappa shape index (κ3) is 2.74. The summed E-state index contributed by atoms with van der Waals surface area (Å²) in [5.74, 6) is 1.28. The van der Waals surface area contributed by atoms with E-state index in [-0.39, 0.29) is 6.09 Å². The second-order valence-corrected chi connectivity index (χ2v) is 9.30. The molecule has 4 fully saturated rings. The van der Waals surface area contributed by atoms with Gasteiger partial charge in [0, 0.05) is 43.6 Å². The summed E-state index contributed by atoms with van der Waals surface area (Å²) < 4.78 is 11.5. The van der Waals surface area contributed by atoms with E-state index >= 15 is 0 Å². The Morgan fingerprint density at radius 2 is 2.12 bits per heavy atom.